The Balaban J connectivity index is 0.00000280. The van der Waals surface area contributed by atoms with Gasteiger partial charge in [0.05, 0.1) is 12.3 Å². The van der Waals surface area contributed by atoms with Crippen molar-refractivity contribution in [3.05, 3.63) is 41.5 Å². The SMILES string of the molecule is CC#C[C@@H](CC(=O)O)c1ccc(OCC2=C[C@]3(CCC2)CCC(=O)C3)cc1.[NaH]. The van der Waals surface area contributed by atoms with Gasteiger partial charge in [0.1, 0.15) is 18.1 Å². The number of aliphatic carboxylic acids is 1. The number of carbonyl (C=O) groups excluding carboxylic acids is 1. The van der Waals surface area contributed by atoms with Crippen LogP contribution in [0.15, 0.2) is 35.9 Å². The molecule has 0 radical (unpaired) electrons. The van der Waals surface area contributed by atoms with Crippen molar-refractivity contribution in [3.8, 4) is 17.6 Å². The molecule has 0 aromatic heterocycles. The van der Waals surface area contributed by atoms with E-state index < -0.39 is 5.97 Å². The zero-order valence-corrected chi connectivity index (χ0v) is 15.8. The molecule has 4 nitrogen and oxygen atoms in total. The summed E-state index contributed by atoms with van der Waals surface area (Å²) in [5.41, 5.74) is 2.25. The first-order valence-electron chi connectivity index (χ1n) is 9.59. The first-order chi connectivity index (χ1) is 13.0. The van der Waals surface area contributed by atoms with Gasteiger partial charge < -0.3 is 9.84 Å². The van der Waals surface area contributed by atoms with Gasteiger partial charge >= 0.3 is 35.5 Å². The molecule has 144 valence electrons. The third-order valence-electron chi connectivity index (χ3n) is 5.54. The molecular weight excluding hydrogens is 363 g/mol. The van der Waals surface area contributed by atoms with E-state index in [1.54, 1.807) is 6.92 Å². The molecule has 28 heavy (non-hydrogen) atoms. The van der Waals surface area contributed by atoms with Gasteiger partial charge in [-0.3, -0.25) is 9.59 Å². The van der Waals surface area contributed by atoms with Crippen LogP contribution in [0.3, 0.4) is 0 Å². The maximum absolute atomic E-state index is 11.7. The fraction of sp³-hybridized carbons (Fsp3) is 0.478. The number of Topliss-reactive ketones (excluding diaryl/α,β-unsaturated/α-hetero) is 1. The Labute approximate surface area is 189 Å². The molecule has 1 N–H and O–H groups in total. The molecule has 3 rings (SSSR count). The molecule has 0 heterocycles. The standard InChI is InChI=1S/C23H26O4.Na.H/c1-2-4-19(13-22(25)26)18-6-8-21(9-7-18)27-16-17-5-3-11-23(14-17)12-10-20(24)15-23;;/h6-9,14,19H,3,5,10-13,15-16H2,1H3,(H,25,26);;/t19-,23-;;/m0../s1. The van der Waals surface area contributed by atoms with Gasteiger partial charge in [-0.05, 0) is 61.3 Å². The van der Waals surface area contributed by atoms with Gasteiger partial charge in [-0.15, -0.1) is 5.92 Å². The fourth-order valence-electron chi connectivity index (χ4n) is 4.23. The number of ketones is 1. The van der Waals surface area contributed by atoms with Gasteiger partial charge in [0.25, 0.3) is 0 Å². The molecule has 0 unspecified atom stereocenters. The maximum atomic E-state index is 11.7. The van der Waals surface area contributed by atoms with Gasteiger partial charge in [-0.25, -0.2) is 0 Å². The molecule has 2 aliphatic carbocycles. The number of ether oxygens (including phenoxy) is 1. The summed E-state index contributed by atoms with van der Waals surface area (Å²) >= 11 is 0. The van der Waals surface area contributed by atoms with Crippen molar-refractivity contribution in [1.82, 2.24) is 0 Å². The van der Waals surface area contributed by atoms with Gasteiger partial charge in [0.15, 0.2) is 0 Å². The van der Waals surface area contributed by atoms with Crippen LogP contribution in [0.25, 0.3) is 0 Å². The van der Waals surface area contributed by atoms with Crippen molar-refractivity contribution in [2.24, 2.45) is 5.41 Å². The Hall–Kier alpha value is -1.54. The van der Waals surface area contributed by atoms with Crippen molar-refractivity contribution < 1.29 is 19.4 Å². The van der Waals surface area contributed by atoms with Crippen LogP contribution < -0.4 is 4.74 Å². The number of benzene rings is 1. The number of carboxylic acid groups (broad SMARTS) is 1. The van der Waals surface area contributed by atoms with E-state index in [9.17, 15) is 9.59 Å². The molecule has 0 saturated heterocycles. The molecule has 1 aromatic rings. The Morgan fingerprint density at radius 2 is 2.00 bits per heavy atom. The molecule has 0 amide bonds. The van der Waals surface area contributed by atoms with Gasteiger partial charge in [-0.1, -0.05) is 24.1 Å². The van der Waals surface area contributed by atoms with Gasteiger partial charge in [0.2, 0.25) is 0 Å². The van der Waals surface area contributed by atoms with Crippen LogP contribution >= 0.6 is 0 Å². The van der Waals surface area contributed by atoms with Crippen LogP contribution in [-0.2, 0) is 9.59 Å². The van der Waals surface area contributed by atoms with Crippen LogP contribution in [0.1, 0.15) is 63.4 Å². The van der Waals surface area contributed by atoms with E-state index in [4.69, 9.17) is 9.84 Å². The molecule has 2 aliphatic rings. The molecule has 2 atom stereocenters. The Kier molecular flexibility index (Phi) is 8.37. The molecule has 1 saturated carbocycles. The zero-order valence-electron chi connectivity index (χ0n) is 15.8. The van der Waals surface area contributed by atoms with E-state index in [1.165, 1.54) is 5.57 Å². The molecule has 1 fully saturated rings. The van der Waals surface area contributed by atoms with Crippen LogP contribution in [0.5, 0.6) is 5.75 Å². The predicted octanol–water partition coefficient (Wildman–Crippen LogP) is 3.85. The monoisotopic (exact) mass is 390 g/mol. The summed E-state index contributed by atoms with van der Waals surface area (Å²) in [5, 5.41) is 9.04. The second-order valence-corrected chi connectivity index (χ2v) is 7.64. The van der Waals surface area contributed by atoms with E-state index in [2.05, 4.69) is 17.9 Å². The fourth-order valence-corrected chi connectivity index (χ4v) is 4.23. The predicted molar refractivity (Wildman–Crippen MR) is 111 cm³/mol. The average molecular weight is 390 g/mol. The van der Waals surface area contributed by atoms with Crippen LogP contribution in [0.4, 0.5) is 0 Å². The molecule has 0 aliphatic heterocycles. The first-order valence-corrected chi connectivity index (χ1v) is 9.59. The number of carbonyl (C=O) groups is 2. The topological polar surface area (TPSA) is 63.6 Å². The van der Waals surface area contributed by atoms with Crippen molar-refractivity contribution in [1.29, 1.82) is 0 Å². The number of carboxylic acids is 1. The zero-order chi connectivity index (χ0) is 19.3. The minimum absolute atomic E-state index is 0. The Morgan fingerprint density at radius 1 is 1.25 bits per heavy atom. The number of hydrogen-bond acceptors (Lipinski definition) is 3. The van der Waals surface area contributed by atoms with E-state index in [-0.39, 0.29) is 47.3 Å². The Bertz CT molecular complexity index is 800. The molecule has 1 aromatic carbocycles. The van der Waals surface area contributed by atoms with Crippen molar-refractivity contribution in [3.63, 3.8) is 0 Å². The first kappa shape index (κ1) is 22.7. The molecule has 5 heteroatoms. The normalized spacial score (nSPS) is 21.9. The quantitative estimate of drug-likeness (QED) is 0.455. The summed E-state index contributed by atoms with van der Waals surface area (Å²) in [7, 11) is 0. The van der Waals surface area contributed by atoms with Crippen molar-refractivity contribution in [2.45, 2.75) is 57.8 Å². The second-order valence-electron chi connectivity index (χ2n) is 7.64. The Morgan fingerprint density at radius 3 is 2.61 bits per heavy atom. The molecule has 1 spiro atoms. The summed E-state index contributed by atoms with van der Waals surface area (Å²) in [6.07, 6.45) is 7.94. The van der Waals surface area contributed by atoms with E-state index in [1.807, 2.05) is 24.3 Å². The average Bonchev–Trinajstić information content (AvgIpc) is 2.99. The van der Waals surface area contributed by atoms with Crippen LogP contribution in [0, 0.1) is 17.3 Å². The number of hydrogen-bond donors (Lipinski definition) is 1. The third-order valence-corrected chi connectivity index (χ3v) is 5.54. The van der Waals surface area contributed by atoms with E-state index >= 15 is 0 Å². The summed E-state index contributed by atoms with van der Waals surface area (Å²) < 4.78 is 5.95. The van der Waals surface area contributed by atoms with Gasteiger partial charge in [0, 0.05) is 12.8 Å². The summed E-state index contributed by atoms with van der Waals surface area (Å²) in [5.74, 6) is 5.75. The van der Waals surface area contributed by atoms with E-state index in [0.29, 0.717) is 25.2 Å². The summed E-state index contributed by atoms with van der Waals surface area (Å²) in [4.78, 5) is 22.7. The van der Waals surface area contributed by atoms with Crippen molar-refractivity contribution >= 4 is 41.3 Å². The van der Waals surface area contributed by atoms with Crippen molar-refractivity contribution in [2.75, 3.05) is 6.61 Å². The van der Waals surface area contributed by atoms with E-state index in [0.717, 1.165) is 37.0 Å². The van der Waals surface area contributed by atoms with Crippen LogP contribution in [-0.4, -0.2) is 53.0 Å². The second kappa shape index (κ2) is 10.3. The minimum atomic E-state index is -0.855. The molecule has 0 bridgehead atoms. The summed E-state index contributed by atoms with van der Waals surface area (Å²) in [6.45, 7) is 2.26. The molecular formula is C23H27NaO4. The summed E-state index contributed by atoms with van der Waals surface area (Å²) in [6, 6.07) is 7.53. The third kappa shape index (κ3) is 5.98. The number of allylic oxidation sites excluding steroid dienone is 1. The number of rotatable bonds is 6. The van der Waals surface area contributed by atoms with Crippen LogP contribution in [0.2, 0.25) is 0 Å². The van der Waals surface area contributed by atoms with Gasteiger partial charge in [-0.2, -0.15) is 0 Å².